The van der Waals surface area contributed by atoms with E-state index in [0.29, 0.717) is 18.7 Å². The molecule has 0 aliphatic carbocycles. The monoisotopic (exact) mass is 413 g/mol. The third-order valence-corrected chi connectivity index (χ3v) is 4.40. The van der Waals surface area contributed by atoms with Crippen LogP contribution < -0.4 is 15.5 Å². The van der Waals surface area contributed by atoms with Gasteiger partial charge in [-0.15, -0.1) is 0 Å². The number of esters is 1. The normalized spacial score (nSPS) is 13.1. The summed E-state index contributed by atoms with van der Waals surface area (Å²) < 4.78 is 17.7. The van der Waals surface area contributed by atoms with Crippen molar-refractivity contribution >= 4 is 35.1 Å². The molecule has 1 fully saturated rings. The standard InChI is InChI=1S/C21H20FN3O5/c22-15-5-3-14(4-6-15)21(29)23-12-20(28)30-13-18(26)24-16-7-9-17(10-8-16)25-11-1-2-19(25)27/h3-10H,1-2,11-13H2,(H,23,29)(H,24,26). The Labute approximate surface area is 172 Å². The molecule has 30 heavy (non-hydrogen) atoms. The number of nitrogens with zero attached hydrogens (tertiary/aromatic N) is 1. The van der Waals surface area contributed by atoms with Crippen LogP contribution >= 0.6 is 0 Å². The largest absolute Gasteiger partial charge is 0.454 e. The molecular weight excluding hydrogens is 393 g/mol. The summed E-state index contributed by atoms with van der Waals surface area (Å²) in [6, 6.07) is 11.6. The molecule has 9 heteroatoms. The van der Waals surface area contributed by atoms with Crippen LogP contribution in [0.3, 0.4) is 0 Å². The molecule has 0 unspecified atom stereocenters. The predicted molar refractivity (Wildman–Crippen MR) is 106 cm³/mol. The maximum Gasteiger partial charge on any atom is 0.325 e. The van der Waals surface area contributed by atoms with Gasteiger partial charge in [0.2, 0.25) is 5.91 Å². The summed E-state index contributed by atoms with van der Waals surface area (Å²) in [7, 11) is 0. The van der Waals surface area contributed by atoms with Gasteiger partial charge in [-0.3, -0.25) is 19.2 Å². The third-order valence-electron chi connectivity index (χ3n) is 4.40. The van der Waals surface area contributed by atoms with E-state index in [9.17, 15) is 23.6 Å². The summed E-state index contributed by atoms with van der Waals surface area (Å²) in [5.41, 5.74) is 1.45. The predicted octanol–water partition coefficient (Wildman–Crippen LogP) is 1.86. The maximum atomic E-state index is 12.8. The molecule has 156 valence electrons. The zero-order chi connectivity index (χ0) is 21.5. The highest BCUT2D eigenvalue weighted by molar-refractivity contribution is 5.97. The summed E-state index contributed by atoms with van der Waals surface area (Å²) in [5, 5.41) is 4.91. The first-order valence-corrected chi connectivity index (χ1v) is 9.32. The van der Waals surface area contributed by atoms with E-state index in [4.69, 9.17) is 4.74 Å². The van der Waals surface area contributed by atoms with E-state index < -0.39 is 36.8 Å². The molecule has 1 saturated heterocycles. The van der Waals surface area contributed by atoms with Crippen molar-refractivity contribution in [2.75, 3.05) is 29.9 Å². The minimum atomic E-state index is -0.788. The third kappa shape index (κ3) is 5.63. The average Bonchev–Trinajstić information content (AvgIpc) is 3.17. The highest BCUT2D eigenvalue weighted by Crippen LogP contribution is 2.22. The lowest BCUT2D eigenvalue weighted by Crippen LogP contribution is -2.32. The summed E-state index contributed by atoms with van der Waals surface area (Å²) in [6.07, 6.45) is 1.36. The Morgan fingerprint density at radius 2 is 1.73 bits per heavy atom. The summed E-state index contributed by atoms with van der Waals surface area (Å²) >= 11 is 0. The van der Waals surface area contributed by atoms with Gasteiger partial charge < -0.3 is 20.3 Å². The van der Waals surface area contributed by atoms with Crippen LogP contribution in [0.5, 0.6) is 0 Å². The molecule has 0 saturated carbocycles. The number of hydrogen-bond acceptors (Lipinski definition) is 5. The Morgan fingerprint density at radius 1 is 1.03 bits per heavy atom. The highest BCUT2D eigenvalue weighted by atomic mass is 19.1. The van der Waals surface area contributed by atoms with Crippen molar-refractivity contribution in [1.29, 1.82) is 0 Å². The fourth-order valence-electron chi connectivity index (χ4n) is 2.90. The number of carbonyl (C=O) groups is 4. The lowest BCUT2D eigenvalue weighted by atomic mass is 10.2. The lowest BCUT2D eigenvalue weighted by molar-refractivity contribution is -0.146. The SMILES string of the molecule is O=C(COC(=O)CNC(=O)c1ccc(F)cc1)Nc1ccc(N2CCCC2=O)cc1. The number of rotatable bonds is 7. The minimum Gasteiger partial charge on any atom is -0.454 e. The first kappa shape index (κ1) is 21.0. The van der Waals surface area contributed by atoms with Crippen molar-refractivity contribution in [1.82, 2.24) is 5.32 Å². The van der Waals surface area contributed by atoms with Gasteiger partial charge in [0.25, 0.3) is 11.8 Å². The summed E-state index contributed by atoms with van der Waals surface area (Å²) in [4.78, 5) is 48.9. The number of halogens is 1. The summed E-state index contributed by atoms with van der Waals surface area (Å²) in [5.74, 6) is -2.30. The second kappa shape index (κ2) is 9.64. The maximum absolute atomic E-state index is 12.8. The van der Waals surface area contributed by atoms with Gasteiger partial charge >= 0.3 is 5.97 Å². The van der Waals surface area contributed by atoms with Crippen LogP contribution in [0.25, 0.3) is 0 Å². The number of nitrogens with one attached hydrogen (secondary N) is 2. The van der Waals surface area contributed by atoms with Crippen LogP contribution in [0.2, 0.25) is 0 Å². The molecule has 1 aliphatic heterocycles. The highest BCUT2D eigenvalue weighted by Gasteiger charge is 2.21. The molecule has 8 nitrogen and oxygen atoms in total. The van der Waals surface area contributed by atoms with Crippen molar-refractivity contribution in [2.45, 2.75) is 12.8 Å². The summed E-state index contributed by atoms with van der Waals surface area (Å²) in [6.45, 7) is -0.266. The molecule has 0 atom stereocenters. The number of carbonyl (C=O) groups excluding carboxylic acids is 4. The zero-order valence-electron chi connectivity index (χ0n) is 16.0. The van der Waals surface area contributed by atoms with E-state index >= 15 is 0 Å². The second-order valence-electron chi connectivity index (χ2n) is 6.59. The van der Waals surface area contributed by atoms with Crippen LogP contribution in [0.15, 0.2) is 48.5 Å². The van der Waals surface area contributed by atoms with E-state index in [1.54, 1.807) is 29.2 Å². The molecule has 1 aliphatic rings. The lowest BCUT2D eigenvalue weighted by Gasteiger charge is -2.16. The van der Waals surface area contributed by atoms with Crippen LogP contribution in [-0.2, 0) is 19.1 Å². The molecule has 0 aromatic heterocycles. The topological polar surface area (TPSA) is 105 Å². The zero-order valence-corrected chi connectivity index (χ0v) is 16.0. The number of anilines is 2. The molecular formula is C21H20FN3O5. The Bertz CT molecular complexity index is 944. The fourth-order valence-corrected chi connectivity index (χ4v) is 2.90. The number of amides is 3. The smallest absolute Gasteiger partial charge is 0.325 e. The first-order valence-electron chi connectivity index (χ1n) is 9.32. The Hall–Kier alpha value is -3.75. The Morgan fingerprint density at radius 3 is 2.37 bits per heavy atom. The molecule has 2 aromatic carbocycles. The van der Waals surface area contributed by atoms with Crippen molar-refractivity contribution < 1.29 is 28.3 Å². The Kier molecular flexibility index (Phi) is 6.74. The molecule has 0 spiro atoms. The molecule has 0 radical (unpaired) electrons. The molecule has 2 N–H and O–H groups in total. The van der Waals surface area contributed by atoms with Gasteiger partial charge in [0.1, 0.15) is 12.4 Å². The molecule has 1 heterocycles. The van der Waals surface area contributed by atoms with Crippen molar-refractivity contribution in [3.05, 3.63) is 59.9 Å². The second-order valence-corrected chi connectivity index (χ2v) is 6.59. The van der Waals surface area contributed by atoms with Crippen molar-refractivity contribution in [2.24, 2.45) is 0 Å². The molecule has 3 amide bonds. The first-order chi connectivity index (χ1) is 14.4. The number of benzene rings is 2. The van der Waals surface area contributed by atoms with Gasteiger partial charge in [0.05, 0.1) is 0 Å². The fraction of sp³-hybridized carbons (Fsp3) is 0.238. The molecule has 2 aromatic rings. The van der Waals surface area contributed by atoms with E-state index in [2.05, 4.69) is 10.6 Å². The van der Waals surface area contributed by atoms with Crippen molar-refractivity contribution in [3.63, 3.8) is 0 Å². The molecule has 0 bridgehead atoms. The van der Waals surface area contributed by atoms with E-state index in [1.165, 1.54) is 12.1 Å². The van der Waals surface area contributed by atoms with Crippen LogP contribution in [0.4, 0.5) is 15.8 Å². The minimum absolute atomic E-state index is 0.0743. The number of ether oxygens (including phenoxy) is 1. The van der Waals surface area contributed by atoms with Crippen LogP contribution in [-0.4, -0.2) is 43.4 Å². The van der Waals surface area contributed by atoms with Gasteiger partial charge in [-0.1, -0.05) is 0 Å². The van der Waals surface area contributed by atoms with Gasteiger partial charge in [-0.2, -0.15) is 0 Å². The average molecular weight is 413 g/mol. The number of hydrogen-bond donors (Lipinski definition) is 2. The van der Waals surface area contributed by atoms with Gasteiger partial charge in [0.15, 0.2) is 6.61 Å². The van der Waals surface area contributed by atoms with E-state index in [0.717, 1.165) is 24.2 Å². The quantitative estimate of drug-likeness (QED) is 0.675. The van der Waals surface area contributed by atoms with E-state index in [1.807, 2.05) is 0 Å². The molecule has 3 rings (SSSR count). The van der Waals surface area contributed by atoms with Crippen LogP contribution in [0, 0.1) is 5.82 Å². The van der Waals surface area contributed by atoms with Crippen molar-refractivity contribution in [3.8, 4) is 0 Å². The Balaban J connectivity index is 1.39. The van der Waals surface area contributed by atoms with E-state index in [-0.39, 0.29) is 11.5 Å². The van der Waals surface area contributed by atoms with Gasteiger partial charge in [0, 0.05) is 29.9 Å². The van der Waals surface area contributed by atoms with Gasteiger partial charge in [-0.05, 0) is 55.0 Å². The van der Waals surface area contributed by atoms with Gasteiger partial charge in [-0.25, -0.2) is 4.39 Å². The van der Waals surface area contributed by atoms with Crippen LogP contribution in [0.1, 0.15) is 23.2 Å².